The third kappa shape index (κ3) is 4.74. The van der Waals surface area contributed by atoms with Gasteiger partial charge in [-0.2, -0.15) is 13.8 Å². The van der Waals surface area contributed by atoms with Gasteiger partial charge in [0, 0.05) is 49.8 Å². The normalized spacial score (nSPS) is 34.7. The predicted molar refractivity (Wildman–Crippen MR) is 147 cm³/mol. The summed E-state index contributed by atoms with van der Waals surface area (Å²) in [5.74, 6) is -3.35. The van der Waals surface area contributed by atoms with Gasteiger partial charge in [0.2, 0.25) is 5.91 Å². The second-order valence-electron chi connectivity index (χ2n) is 14.2. The van der Waals surface area contributed by atoms with E-state index < -0.39 is 17.5 Å². The van der Waals surface area contributed by atoms with Crippen LogP contribution in [0.3, 0.4) is 0 Å². The van der Waals surface area contributed by atoms with Crippen LogP contribution in [0, 0.1) is 10.8 Å². The molecule has 2 heterocycles. The number of carbonyl (C=O) groups is 1. The Labute approximate surface area is 238 Å². The number of aliphatic hydroxyl groups is 1. The number of hydrogen-bond donors (Lipinski definition) is 1. The van der Waals surface area contributed by atoms with Crippen LogP contribution in [0.4, 0.5) is 24.5 Å². The highest BCUT2D eigenvalue weighted by Crippen LogP contribution is 2.71. The summed E-state index contributed by atoms with van der Waals surface area (Å²) in [6.45, 7) is 2.90. The molecule has 1 aromatic carbocycles. The molecule has 6 aliphatic carbocycles. The highest BCUT2D eigenvalue weighted by molar-refractivity contribution is 5.94. The van der Waals surface area contributed by atoms with Crippen molar-refractivity contribution in [1.82, 2.24) is 10.1 Å². The Kier molecular flexibility index (Phi) is 6.10. The van der Waals surface area contributed by atoms with Crippen molar-refractivity contribution in [1.29, 1.82) is 0 Å². The molecule has 1 amide bonds. The molecule has 222 valence electrons. The number of piperidine rings is 1. The van der Waals surface area contributed by atoms with Crippen LogP contribution in [-0.4, -0.2) is 52.6 Å². The van der Waals surface area contributed by atoms with Gasteiger partial charge in [-0.3, -0.25) is 4.79 Å². The molecule has 7 nitrogen and oxygen atoms in total. The maximum Gasteiger partial charge on any atom is 0.322 e. The zero-order chi connectivity index (χ0) is 28.7. The lowest BCUT2D eigenvalue weighted by atomic mass is 9.41. The van der Waals surface area contributed by atoms with Crippen LogP contribution in [0.1, 0.15) is 95.7 Å². The molecule has 4 bridgehead atoms. The average Bonchev–Trinajstić information content (AvgIpc) is 3.44. The number of benzene rings is 1. The number of rotatable bonds is 8. The first-order valence-corrected chi connectivity index (χ1v) is 15.1. The zero-order valence-electron chi connectivity index (χ0n) is 23.7. The minimum absolute atomic E-state index is 0.0581. The third-order valence-corrected chi connectivity index (χ3v) is 11.0. The van der Waals surface area contributed by atoms with Gasteiger partial charge in [0.25, 0.3) is 5.89 Å². The number of anilines is 2. The molecule has 2 aromatic rings. The number of carbonyl (C=O) groups excluding carboxylic acids is 1. The Morgan fingerprint density at radius 2 is 1.76 bits per heavy atom. The van der Waals surface area contributed by atoms with Crippen molar-refractivity contribution >= 4 is 17.3 Å². The van der Waals surface area contributed by atoms with Crippen molar-refractivity contribution in [2.24, 2.45) is 10.8 Å². The second-order valence-corrected chi connectivity index (χ2v) is 14.2. The van der Waals surface area contributed by atoms with Crippen LogP contribution in [-0.2, 0) is 16.1 Å². The van der Waals surface area contributed by atoms with E-state index in [4.69, 9.17) is 4.52 Å². The van der Waals surface area contributed by atoms with E-state index in [-0.39, 0.29) is 28.3 Å². The van der Waals surface area contributed by atoms with Gasteiger partial charge in [0.1, 0.15) is 5.67 Å². The quantitative estimate of drug-likeness (QED) is 0.415. The van der Waals surface area contributed by atoms with Gasteiger partial charge >= 0.3 is 5.92 Å². The molecule has 0 radical (unpaired) electrons. The standard InChI is InChI=1S/C31H39F3N4O3/c1-27(32,33)26-35-25(36-41-26)30-10-7-28(8-11-30,9-12-30)20-38(24(40)16-29-17-31(34,18-29)19-29)22-4-2-3-21(15-22)37-13-5-23(39)6-14-37/h2-4,15,23,39H,5-14,16-20H2,1H3. The number of hydrogen-bond acceptors (Lipinski definition) is 6. The number of amides is 1. The largest absolute Gasteiger partial charge is 0.393 e. The summed E-state index contributed by atoms with van der Waals surface area (Å²) < 4.78 is 46.8. The van der Waals surface area contributed by atoms with Crippen LogP contribution in [0.25, 0.3) is 0 Å². The van der Waals surface area contributed by atoms with Gasteiger partial charge in [-0.25, -0.2) is 4.39 Å². The summed E-state index contributed by atoms with van der Waals surface area (Å²) in [7, 11) is 0. The van der Waals surface area contributed by atoms with Crippen LogP contribution in [0.15, 0.2) is 28.8 Å². The van der Waals surface area contributed by atoms with Crippen molar-refractivity contribution in [3.8, 4) is 0 Å². The Balaban J connectivity index is 1.11. The van der Waals surface area contributed by atoms with E-state index in [9.17, 15) is 23.1 Å². The van der Waals surface area contributed by atoms with Crippen molar-refractivity contribution in [3.63, 3.8) is 0 Å². The van der Waals surface area contributed by atoms with Crippen molar-refractivity contribution < 1.29 is 27.6 Å². The van der Waals surface area contributed by atoms with E-state index in [1.165, 1.54) is 0 Å². The summed E-state index contributed by atoms with van der Waals surface area (Å²) in [5, 5.41) is 13.9. The highest BCUT2D eigenvalue weighted by atomic mass is 19.3. The summed E-state index contributed by atoms with van der Waals surface area (Å²) in [5.41, 5.74) is 0.243. The van der Waals surface area contributed by atoms with Crippen molar-refractivity contribution in [3.05, 3.63) is 36.0 Å². The lowest BCUT2D eigenvalue weighted by molar-refractivity contribution is -0.215. The lowest BCUT2D eigenvalue weighted by Gasteiger charge is -2.66. The average molecular weight is 573 g/mol. The minimum Gasteiger partial charge on any atom is -0.393 e. The molecular formula is C31H39F3N4O3. The molecule has 0 atom stereocenters. The van der Waals surface area contributed by atoms with Crippen LogP contribution < -0.4 is 9.80 Å². The van der Waals surface area contributed by atoms with E-state index in [1.54, 1.807) is 0 Å². The third-order valence-electron chi connectivity index (χ3n) is 11.0. The number of fused-ring (bicyclic) bond motifs is 3. The number of aliphatic hydroxyl groups excluding tert-OH is 1. The molecular weight excluding hydrogens is 533 g/mol. The minimum atomic E-state index is -3.17. The van der Waals surface area contributed by atoms with Crippen LogP contribution in [0.5, 0.6) is 0 Å². The molecule has 1 saturated heterocycles. The van der Waals surface area contributed by atoms with E-state index in [0.717, 1.165) is 82.8 Å². The zero-order valence-corrected chi connectivity index (χ0v) is 23.7. The van der Waals surface area contributed by atoms with Crippen LogP contribution in [0.2, 0.25) is 0 Å². The SMILES string of the molecule is CC(F)(F)c1nc(C23CCC(CN(C(=O)CC45CC(F)(C4)C5)c4cccc(N5CCC(O)CC5)c4)(CC2)CC3)no1. The van der Waals surface area contributed by atoms with Crippen LogP contribution >= 0.6 is 0 Å². The number of alkyl halides is 3. The summed E-state index contributed by atoms with van der Waals surface area (Å²) in [6, 6.07) is 8.14. The Hall–Kier alpha value is -2.62. The highest BCUT2D eigenvalue weighted by Gasteiger charge is 2.69. The van der Waals surface area contributed by atoms with Gasteiger partial charge in [-0.05, 0) is 99.7 Å². The molecule has 6 saturated carbocycles. The smallest absolute Gasteiger partial charge is 0.322 e. The molecule has 10 heteroatoms. The fourth-order valence-corrected chi connectivity index (χ4v) is 8.56. The Morgan fingerprint density at radius 3 is 2.34 bits per heavy atom. The monoisotopic (exact) mass is 572 g/mol. The van der Waals surface area contributed by atoms with Gasteiger partial charge in [-0.1, -0.05) is 11.2 Å². The maximum absolute atomic E-state index is 14.3. The summed E-state index contributed by atoms with van der Waals surface area (Å²) in [4.78, 5) is 22.3. The molecule has 9 rings (SSSR count). The molecule has 7 fully saturated rings. The van der Waals surface area contributed by atoms with Gasteiger partial charge in [-0.15, -0.1) is 0 Å². The molecule has 0 unspecified atom stereocenters. The summed E-state index contributed by atoms with van der Waals surface area (Å²) >= 11 is 0. The maximum atomic E-state index is 14.3. The van der Waals surface area contributed by atoms with Gasteiger partial charge in [0.15, 0.2) is 5.82 Å². The molecule has 41 heavy (non-hydrogen) atoms. The first kappa shape index (κ1) is 27.2. The van der Waals surface area contributed by atoms with Crippen molar-refractivity contribution in [2.45, 2.75) is 107 Å². The van der Waals surface area contributed by atoms with E-state index >= 15 is 0 Å². The number of halogens is 3. The van der Waals surface area contributed by atoms with E-state index in [1.807, 2.05) is 17.0 Å². The topological polar surface area (TPSA) is 82.7 Å². The first-order valence-electron chi connectivity index (χ1n) is 15.1. The Bertz CT molecular complexity index is 1290. The molecule has 1 aromatic heterocycles. The molecule has 1 N–H and O–H groups in total. The van der Waals surface area contributed by atoms with E-state index in [0.29, 0.717) is 38.1 Å². The van der Waals surface area contributed by atoms with Gasteiger partial charge < -0.3 is 19.4 Å². The summed E-state index contributed by atoms with van der Waals surface area (Å²) in [6.07, 6.45) is 7.91. The first-order chi connectivity index (χ1) is 19.4. The molecule has 7 aliphatic rings. The predicted octanol–water partition coefficient (Wildman–Crippen LogP) is 6.05. The second kappa shape index (κ2) is 9.19. The fraction of sp³-hybridized carbons (Fsp3) is 0.710. The molecule has 0 spiro atoms. The molecule has 1 aliphatic heterocycles. The number of nitrogens with zero attached hydrogens (tertiary/aromatic N) is 4. The van der Waals surface area contributed by atoms with Crippen molar-refractivity contribution in [2.75, 3.05) is 29.4 Å². The lowest BCUT2D eigenvalue weighted by Crippen LogP contribution is -2.65. The van der Waals surface area contributed by atoms with E-state index in [2.05, 4.69) is 27.2 Å². The Morgan fingerprint density at radius 1 is 1.10 bits per heavy atom. The van der Waals surface area contributed by atoms with Gasteiger partial charge in [0.05, 0.1) is 6.10 Å². The fourth-order valence-electron chi connectivity index (χ4n) is 8.56. The number of aromatic nitrogens is 2.